The second-order valence-electron chi connectivity index (χ2n) is 15.3. The van der Waals surface area contributed by atoms with Gasteiger partial charge in [-0.15, -0.1) is 0 Å². The summed E-state index contributed by atoms with van der Waals surface area (Å²) in [5.74, 6) is -0.395. The van der Waals surface area contributed by atoms with Gasteiger partial charge in [0.2, 0.25) is 0 Å². The second-order valence-corrected chi connectivity index (χ2v) is 15.3. The first-order valence-electron chi connectivity index (χ1n) is 22.9. The predicted octanol–water partition coefficient (Wildman–Crippen LogP) is 14.9. The molecule has 0 aliphatic carbocycles. The number of unbranched alkanes of at least 4 members (excludes halogenated alkanes) is 27. The molecular formula is C47H88O5. The molecule has 5 heteroatoms. The van der Waals surface area contributed by atoms with Gasteiger partial charge in [0.1, 0.15) is 6.61 Å². The number of ether oxygens (including phenoxy) is 3. The van der Waals surface area contributed by atoms with Crippen LogP contribution in [0, 0.1) is 0 Å². The Morgan fingerprint density at radius 3 is 1.31 bits per heavy atom. The van der Waals surface area contributed by atoms with Crippen LogP contribution in [0.5, 0.6) is 0 Å². The van der Waals surface area contributed by atoms with Gasteiger partial charge in [0.05, 0.1) is 6.61 Å². The smallest absolute Gasteiger partial charge is 0.306 e. The van der Waals surface area contributed by atoms with E-state index in [2.05, 4.69) is 45.1 Å². The molecule has 0 aromatic rings. The maximum absolute atomic E-state index is 12.6. The highest BCUT2D eigenvalue weighted by atomic mass is 16.6. The number of rotatable bonds is 42. The molecule has 0 bridgehead atoms. The van der Waals surface area contributed by atoms with E-state index in [-0.39, 0.29) is 18.5 Å². The number of allylic oxidation sites excluding steroid dienone is 4. The van der Waals surface area contributed by atoms with Crippen molar-refractivity contribution in [2.75, 3.05) is 19.8 Å². The van der Waals surface area contributed by atoms with E-state index < -0.39 is 6.10 Å². The summed E-state index contributed by atoms with van der Waals surface area (Å²) >= 11 is 0. The molecule has 0 aliphatic rings. The summed E-state index contributed by atoms with van der Waals surface area (Å²) in [4.78, 5) is 25.1. The van der Waals surface area contributed by atoms with Gasteiger partial charge in [0.25, 0.3) is 0 Å². The SMILES string of the molecule is CCCCC/C=C\C/C=C\CCCCCCCCCCCC(=O)OCC(COCCCCCCCCCC)OC(=O)CCCCCCCCCCC. The Balaban J connectivity index is 4.08. The first-order valence-corrected chi connectivity index (χ1v) is 22.9. The lowest BCUT2D eigenvalue weighted by atomic mass is 10.1. The van der Waals surface area contributed by atoms with Gasteiger partial charge in [0, 0.05) is 19.4 Å². The molecule has 0 aromatic carbocycles. The van der Waals surface area contributed by atoms with Crippen LogP contribution in [0.15, 0.2) is 24.3 Å². The van der Waals surface area contributed by atoms with Crippen molar-refractivity contribution in [1.82, 2.24) is 0 Å². The third-order valence-electron chi connectivity index (χ3n) is 9.99. The van der Waals surface area contributed by atoms with Crippen LogP contribution in [0.3, 0.4) is 0 Å². The van der Waals surface area contributed by atoms with E-state index in [0.717, 1.165) is 38.5 Å². The van der Waals surface area contributed by atoms with Crippen molar-refractivity contribution < 1.29 is 23.8 Å². The zero-order valence-corrected chi connectivity index (χ0v) is 35.1. The summed E-state index contributed by atoms with van der Waals surface area (Å²) in [6.45, 7) is 7.79. The van der Waals surface area contributed by atoms with Gasteiger partial charge in [-0.1, -0.05) is 199 Å². The van der Waals surface area contributed by atoms with Crippen molar-refractivity contribution in [2.45, 2.75) is 245 Å². The number of carbonyl (C=O) groups is 2. The minimum atomic E-state index is -0.526. The lowest BCUT2D eigenvalue weighted by molar-refractivity contribution is -0.163. The maximum Gasteiger partial charge on any atom is 0.306 e. The minimum absolute atomic E-state index is 0.0890. The van der Waals surface area contributed by atoms with Crippen molar-refractivity contribution in [3.05, 3.63) is 24.3 Å². The van der Waals surface area contributed by atoms with Gasteiger partial charge < -0.3 is 14.2 Å². The molecule has 306 valence electrons. The zero-order valence-electron chi connectivity index (χ0n) is 35.1. The first kappa shape index (κ1) is 50.4. The predicted molar refractivity (Wildman–Crippen MR) is 224 cm³/mol. The van der Waals surface area contributed by atoms with Gasteiger partial charge in [-0.25, -0.2) is 0 Å². The van der Waals surface area contributed by atoms with E-state index in [0.29, 0.717) is 26.1 Å². The number of carbonyl (C=O) groups excluding carboxylic acids is 2. The fraction of sp³-hybridized carbons (Fsp3) is 0.872. The van der Waals surface area contributed by atoms with Crippen molar-refractivity contribution in [1.29, 1.82) is 0 Å². The third kappa shape index (κ3) is 41.1. The minimum Gasteiger partial charge on any atom is -0.462 e. The van der Waals surface area contributed by atoms with Crippen LogP contribution in [0.25, 0.3) is 0 Å². The highest BCUT2D eigenvalue weighted by molar-refractivity contribution is 5.70. The van der Waals surface area contributed by atoms with E-state index in [9.17, 15) is 9.59 Å². The van der Waals surface area contributed by atoms with Crippen LogP contribution in [-0.4, -0.2) is 37.9 Å². The number of hydrogen-bond acceptors (Lipinski definition) is 5. The lowest BCUT2D eigenvalue weighted by Gasteiger charge is -2.18. The third-order valence-corrected chi connectivity index (χ3v) is 9.99. The number of esters is 2. The van der Waals surface area contributed by atoms with E-state index in [1.807, 2.05) is 0 Å². The highest BCUT2D eigenvalue weighted by Crippen LogP contribution is 2.14. The number of hydrogen-bond donors (Lipinski definition) is 0. The summed E-state index contributed by atoms with van der Waals surface area (Å²) in [7, 11) is 0. The van der Waals surface area contributed by atoms with Crippen LogP contribution in [-0.2, 0) is 23.8 Å². The monoisotopic (exact) mass is 733 g/mol. The van der Waals surface area contributed by atoms with Crippen LogP contribution < -0.4 is 0 Å². The molecule has 1 atom stereocenters. The quantitative estimate of drug-likeness (QED) is 0.0355. The van der Waals surface area contributed by atoms with Crippen LogP contribution in [0.1, 0.15) is 239 Å². The van der Waals surface area contributed by atoms with Gasteiger partial charge in [0.15, 0.2) is 6.10 Å². The molecule has 0 heterocycles. The Bertz CT molecular complexity index is 791. The summed E-state index contributed by atoms with van der Waals surface area (Å²) in [5.41, 5.74) is 0. The normalized spacial score (nSPS) is 12.3. The fourth-order valence-electron chi connectivity index (χ4n) is 6.54. The Labute approximate surface area is 324 Å². The summed E-state index contributed by atoms with van der Waals surface area (Å²) < 4.78 is 17.2. The van der Waals surface area contributed by atoms with E-state index in [1.54, 1.807) is 0 Å². The standard InChI is InChI=1S/C47H88O5/c1-4-7-10-13-16-19-20-21-22-23-24-25-26-27-28-30-31-34-37-40-46(48)51-44-45(43-50-42-39-36-33-18-15-12-9-6-3)52-47(49)41-38-35-32-29-17-14-11-8-5-2/h16,19,21-22,45H,4-15,17-18,20,23-44H2,1-3H3/b19-16-,22-21-. The second kappa shape index (κ2) is 43.8. The Morgan fingerprint density at radius 2 is 0.808 bits per heavy atom. The van der Waals surface area contributed by atoms with Crippen LogP contribution in [0.4, 0.5) is 0 Å². The average Bonchev–Trinajstić information content (AvgIpc) is 3.14. The van der Waals surface area contributed by atoms with Gasteiger partial charge in [-0.2, -0.15) is 0 Å². The average molecular weight is 733 g/mol. The zero-order chi connectivity index (χ0) is 37.8. The van der Waals surface area contributed by atoms with E-state index in [1.165, 1.54) is 167 Å². The van der Waals surface area contributed by atoms with Crippen molar-refractivity contribution in [2.24, 2.45) is 0 Å². The molecule has 52 heavy (non-hydrogen) atoms. The summed E-state index contributed by atoms with van der Waals surface area (Å²) in [6.07, 6.45) is 48.9. The largest absolute Gasteiger partial charge is 0.462 e. The molecule has 0 rings (SSSR count). The van der Waals surface area contributed by atoms with Crippen LogP contribution >= 0.6 is 0 Å². The van der Waals surface area contributed by atoms with Crippen molar-refractivity contribution in [3.63, 3.8) is 0 Å². The van der Waals surface area contributed by atoms with Crippen molar-refractivity contribution >= 4 is 11.9 Å². The summed E-state index contributed by atoms with van der Waals surface area (Å²) in [6, 6.07) is 0. The highest BCUT2D eigenvalue weighted by Gasteiger charge is 2.17. The molecule has 0 saturated carbocycles. The molecule has 0 N–H and O–H groups in total. The molecule has 0 aliphatic heterocycles. The molecule has 0 amide bonds. The Kier molecular flexibility index (Phi) is 42.4. The molecule has 1 unspecified atom stereocenters. The first-order chi connectivity index (χ1) is 25.6. The molecule has 0 spiro atoms. The fourth-order valence-corrected chi connectivity index (χ4v) is 6.54. The molecule has 0 aromatic heterocycles. The summed E-state index contributed by atoms with van der Waals surface area (Å²) in [5, 5.41) is 0. The molecule has 0 saturated heterocycles. The Morgan fingerprint density at radius 1 is 0.423 bits per heavy atom. The van der Waals surface area contributed by atoms with Crippen molar-refractivity contribution in [3.8, 4) is 0 Å². The molecule has 0 fully saturated rings. The maximum atomic E-state index is 12.6. The Hall–Kier alpha value is -1.62. The van der Waals surface area contributed by atoms with Gasteiger partial charge >= 0.3 is 11.9 Å². The van der Waals surface area contributed by atoms with Crippen LogP contribution in [0.2, 0.25) is 0 Å². The topological polar surface area (TPSA) is 61.8 Å². The molecule has 0 radical (unpaired) electrons. The molecule has 5 nitrogen and oxygen atoms in total. The van der Waals surface area contributed by atoms with Gasteiger partial charge in [-0.05, 0) is 51.4 Å². The van der Waals surface area contributed by atoms with E-state index >= 15 is 0 Å². The van der Waals surface area contributed by atoms with E-state index in [4.69, 9.17) is 14.2 Å². The van der Waals surface area contributed by atoms with Gasteiger partial charge in [-0.3, -0.25) is 9.59 Å². The lowest BCUT2D eigenvalue weighted by Crippen LogP contribution is -2.30. The molecular weight excluding hydrogens is 645 g/mol.